The van der Waals surface area contributed by atoms with Crippen molar-refractivity contribution in [3.63, 3.8) is 0 Å². The van der Waals surface area contributed by atoms with E-state index in [9.17, 15) is 13.2 Å². The molecular weight excluding hydrogens is 204 g/mol. The summed E-state index contributed by atoms with van der Waals surface area (Å²) in [6, 6.07) is -0.476. The van der Waals surface area contributed by atoms with Crippen molar-refractivity contribution < 1.29 is 13.2 Å². The van der Waals surface area contributed by atoms with Gasteiger partial charge in [0.1, 0.15) is 0 Å². The van der Waals surface area contributed by atoms with E-state index in [1.807, 2.05) is 0 Å². The molecule has 0 aromatic carbocycles. The zero-order valence-electron chi connectivity index (χ0n) is 8.30. The first-order valence-electron chi connectivity index (χ1n) is 4.50. The largest absolute Gasteiger partial charge is 0.235 e. The summed E-state index contributed by atoms with van der Waals surface area (Å²) in [5, 5.41) is 0. The van der Waals surface area contributed by atoms with Gasteiger partial charge in [0.15, 0.2) is 0 Å². The van der Waals surface area contributed by atoms with Gasteiger partial charge < -0.3 is 0 Å². The summed E-state index contributed by atoms with van der Waals surface area (Å²) in [5.74, 6) is 0. The van der Waals surface area contributed by atoms with Gasteiger partial charge in [0.25, 0.3) is 0 Å². The van der Waals surface area contributed by atoms with Crippen LogP contribution in [0.1, 0.15) is 19.8 Å². The predicted octanol–water partition coefficient (Wildman–Crippen LogP) is 0.135. The molecular formula is C8H14N2O3S. The van der Waals surface area contributed by atoms with Crippen molar-refractivity contribution >= 4 is 16.1 Å². The highest BCUT2D eigenvalue weighted by molar-refractivity contribution is 7.88. The zero-order chi connectivity index (χ0) is 10.8. The van der Waals surface area contributed by atoms with Gasteiger partial charge >= 0.3 is 0 Å². The third-order valence-electron chi connectivity index (χ3n) is 2.53. The minimum absolute atomic E-state index is 0.236. The highest BCUT2D eigenvalue weighted by atomic mass is 32.2. The Bertz CT molecular complexity index is 346. The van der Waals surface area contributed by atoms with Crippen LogP contribution in [-0.4, -0.2) is 43.7 Å². The smallest absolute Gasteiger partial charge is 0.212 e. The fraction of sp³-hybridized carbons (Fsp3) is 0.875. The lowest BCUT2D eigenvalue weighted by Crippen LogP contribution is -2.48. The van der Waals surface area contributed by atoms with E-state index in [1.165, 1.54) is 16.6 Å². The lowest BCUT2D eigenvalue weighted by molar-refractivity contribution is 0.240. The molecule has 0 spiro atoms. The van der Waals surface area contributed by atoms with Gasteiger partial charge in [-0.05, 0) is 19.8 Å². The number of piperidine rings is 1. The number of rotatable bonds is 2. The molecule has 0 N–H and O–H groups in total. The number of hydrogen-bond acceptors (Lipinski definition) is 4. The molecule has 1 saturated heterocycles. The monoisotopic (exact) mass is 218 g/mol. The van der Waals surface area contributed by atoms with Crippen LogP contribution in [0.15, 0.2) is 4.99 Å². The molecule has 1 aliphatic heterocycles. The van der Waals surface area contributed by atoms with Crippen LogP contribution >= 0.6 is 0 Å². The minimum atomic E-state index is -3.18. The van der Waals surface area contributed by atoms with Crippen molar-refractivity contribution in [1.29, 1.82) is 0 Å². The Hall–Kier alpha value is -0.710. The van der Waals surface area contributed by atoms with Gasteiger partial charge in [-0.1, -0.05) is 0 Å². The molecule has 0 aromatic rings. The zero-order valence-corrected chi connectivity index (χ0v) is 9.12. The van der Waals surface area contributed by atoms with E-state index in [0.717, 1.165) is 12.8 Å². The van der Waals surface area contributed by atoms with Gasteiger partial charge in [0, 0.05) is 12.6 Å². The molecule has 0 aliphatic carbocycles. The van der Waals surface area contributed by atoms with Gasteiger partial charge in [-0.15, -0.1) is 0 Å². The Morgan fingerprint density at radius 3 is 2.64 bits per heavy atom. The van der Waals surface area contributed by atoms with E-state index >= 15 is 0 Å². The van der Waals surface area contributed by atoms with Gasteiger partial charge in [-0.2, -0.15) is 4.31 Å². The lowest BCUT2D eigenvalue weighted by atomic mass is 10.0. The lowest BCUT2D eigenvalue weighted by Gasteiger charge is -2.34. The quantitative estimate of drug-likeness (QED) is 0.489. The average Bonchev–Trinajstić information content (AvgIpc) is 2.07. The third-order valence-corrected chi connectivity index (χ3v) is 3.90. The van der Waals surface area contributed by atoms with Crippen molar-refractivity contribution in [3.8, 4) is 0 Å². The fourth-order valence-corrected chi connectivity index (χ4v) is 3.01. The first kappa shape index (κ1) is 11.4. The SMILES string of the molecule is CC1C(N=C=O)CCCN1S(C)(=O)=O. The maximum atomic E-state index is 11.3. The van der Waals surface area contributed by atoms with Gasteiger partial charge in [-0.3, -0.25) is 0 Å². The van der Waals surface area contributed by atoms with Crippen molar-refractivity contribution in [2.45, 2.75) is 31.8 Å². The predicted molar refractivity (Wildman–Crippen MR) is 52.2 cm³/mol. The van der Waals surface area contributed by atoms with Crippen molar-refractivity contribution in [2.24, 2.45) is 4.99 Å². The van der Waals surface area contributed by atoms with Gasteiger partial charge in [0.05, 0.1) is 12.3 Å². The molecule has 2 unspecified atom stereocenters. The third kappa shape index (κ3) is 2.41. The molecule has 0 aromatic heterocycles. The van der Waals surface area contributed by atoms with Crippen molar-refractivity contribution in [3.05, 3.63) is 0 Å². The Kier molecular flexibility index (Phi) is 3.42. The molecule has 6 heteroatoms. The second kappa shape index (κ2) is 4.21. The number of hydrogen-bond donors (Lipinski definition) is 0. The Morgan fingerprint density at radius 1 is 1.50 bits per heavy atom. The molecule has 1 fully saturated rings. The van der Waals surface area contributed by atoms with Crippen LogP contribution in [-0.2, 0) is 14.8 Å². The second-order valence-electron chi connectivity index (χ2n) is 3.54. The summed E-state index contributed by atoms with van der Waals surface area (Å²) in [6.45, 7) is 2.29. The minimum Gasteiger partial charge on any atom is -0.212 e. The number of carbonyl (C=O) groups excluding carboxylic acids is 1. The van der Waals surface area contributed by atoms with Crippen LogP contribution in [0.3, 0.4) is 0 Å². The summed E-state index contributed by atoms with van der Waals surface area (Å²) in [7, 11) is -3.18. The van der Waals surface area contributed by atoms with Crippen LogP contribution in [0.2, 0.25) is 0 Å². The number of nitrogens with zero attached hydrogens (tertiary/aromatic N) is 2. The Labute approximate surface area is 83.9 Å². The molecule has 0 amide bonds. The molecule has 1 aliphatic rings. The summed E-state index contributed by atoms with van der Waals surface area (Å²) in [4.78, 5) is 13.7. The number of sulfonamides is 1. The highest BCUT2D eigenvalue weighted by Crippen LogP contribution is 2.21. The Morgan fingerprint density at radius 2 is 2.14 bits per heavy atom. The maximum Gasteiger partial charge on any atom is 0.235 e. The molecule has 0 saturated carbocycles. The molecule has 1 heterocycles. The number of aliphatic imine (C=N–C) groups is 1. The molecule has 80 valence electrons. The van der Waals surface area contributed by atoms with Crippen LogP contribution in [0.4, 0.5) is 0 Å². The standard InChI is InChI=1S/C8H14N2O3S/c1-7-8(9-6-11)4-3-5-10(7)14(2,12)13/h7-8H,3-5H2,1-2H3. The van der Waals surface area contributed by atoms with Crippen LogP contribution in [0, 0.1) is 0 Å². The average molecular weight is 218 g/mol. The number of isocyanates is 1. The molecule has 14 heavy (non-hydrogen) atoms. The summed E-state index contributed by atoms with van der Waals surface area (Å²) in [5.41, 5.74) is 0. The van der Waals surface area contributed by atoms with Gasteiger partial charge in [0.2, 0.25) is 16.1 Å². The topological polar surface area (TPSA) is 66.8 Å². The van der Waals surface area contributed by atoms with E-state index in [0.29, 0.717) is 6.54 Å². The second-order valence-corrected chi connectivity index (χ2v) is 5.48. The van der Waals surface area contributed by atoms with E-state index in [-0.39, 0.29) is 12.1 Å². The van der Waals surface area contributed by atoms with E-state index in [4.69, 9.17) is 0 Å². The van der Waals surface area contributed by atoms with E-state index < -0.39 is 10.0 Å². The molecule has 0 bridgehead atoms. The molecule has 2 atom stereocenters. The van der Waals surface area contributed by atoms with E-state index in [1.54, 1.807) is 6.92 Å². The van der Waals surface area contributed by atoms with Crippen molar-refractivity contribution in [1.82, 2.24) is 4.31 Å². The highest BCUT2D eigenvalue weighted by Gasteiger charge is 2.32. The normalized spacial score (nSPS) is 29.6. The van der Waals surface area contributed by atoms with Crippen LogP contribution < -0.4 is 0 Å². The first-order chi connectivity index (χ1) is 6.46. The van der Waals surface area contributed by atoms with Crippen LogP contribution in [0.25, 0.3) is 0 Å². The molecule has 0 radical (unpaired) electrons. The van der Waals surface area contributed by atoms with Crippen LogP contribution in [0.5, 0.6) is 0 Å². The molecule has 1 rings (SSSR count). The Balaban J connectivity index is 2.86. The fourth-order valence-electron chi connectivity index (χ4n) is 1.80. The summed E-state index contributed by atoms with van der Waals surface area (Å²) >= 11 is 0. The van der Waals surface area contributed by atoms with E-state index in [2.05, 4.69) is 4.99 Å². The van der Waals surface area contributed by atoms with Gasteiger partial charge in [-0.25, -0.2) is 18.2 Å². The molecule has 5 nitrogen and oxygen atoms in total. The maximum absolute atomic E-state index is 11.3. The first-order valence-corrected chi connectivity index (χ1v) is 6.35. The van der Waals surface area contributed by atoms with Crippen molar-refractivity contribution in [2.75, 3.05) is 12.8 Å². The summed E-state index contributed by atoms with van der Waals surface area (Å²) < 4.78 is 24.1. The summed E-state index contributed by atoms with van der Waals surface area (Å²) in [6.07, 6.45) is 4.17.